The zero-order valence-electron chi connectivity index (χ0n) is 12.7. The minimum atomic E-state index is -0.463. The minimum absolute atomic E-state index is 0. The number of thiophene rings is 1. The maximum Gasteiger partial charge on any atom is 0.134 e. The summed E-state index contributed by atoms with van der Waals surface area (Å²) in [6.45, 7) is 4.94. The van der Waals surface area contributed by atoms with E-state index in [2.05, 4.69) is 10.2 Å². The third kappa shape index (κ3) is 4.22. The Hall–Kier alpha value is -0.720. The van der Waals surface area contributed by atoms with Crippen LogP contribution in [-0.4, -0.2) is 31.1 Å². The first kappa shape index (κ1) is 20.3. The van der Waals surface area contributed by atoms with Crippen LogP contribution in [0.3, 0.4) is 0 Å². The van der Waals surface area contributed by atoms with Crippen molar-refractivity contribution >= 4 is 36.2 Å². The van der Waals surface area contributed by atoms with Crippen LogP contribution in [0.5, 0.6) is 0 Å². The summed E-state index contributed by atoms with van der Waals surface area (Å²) < 4.78 is 28.9. The van der Waals surface area contributed by atoms with Gasteiger partial charge in [-0.15, -0.1) is 36.2 Å². The van der Waals surface area contributed by atoms with Crippen molar-refractivity contribution in [2.24, 2.45) is 0 Å². The van der Waals surface area contributed by atoms with Gasteiger partial charge in [-0.25, -0.2) is 8.78 Å². The molecule has 0 spiro atoms. The van der Waals surface area contributed by atoms with E-state index in [0.29, 0.717) is 5.56 Å². The highest BCUT2D eigenvalue weighted by Gasteiger charge is 2.30. The standard InChI is InChI=1S/C16H18F2N2S.2ClH/c1-11-4-5-12(17)14(15(11)18)16(13-3-2-10-21-13)20-8-6-19-7-9-20;;/h2-5,10,16,19H,6-9H2,1H3;2*1H/t16-;;/m0../s1. The summed E-state index contributed by atoms with van der Waals surface area (Å²) in [6.07, 6.45) is 0. The van der Waals surface area contributed by atoms with Gasteiger partial charge in [-0.1, -0.05) is 12.1 Å². The van der Waals surface area contributed by atoms with Crippen molar-refractivity contribution in [3.63, 3.8) is 0 Å². The molecule has 7 heteroatoms. The van der Waals surface area contributed by atoms with Gasteiger partial charge in [-0.05, 0) is 30.0 Å². The molecule has 1 saturated heterocycles. The van der Waals surface area contributed by atoms with E-state index in [1.165, 1.54) is 12.1 Å². The predicted octanol–water partition coefficient (Wildman–Crippen LogP) is 4.17. The normalized spacial score (nSPS) is 16.3. The summed E-state index contributed by atoms with van der Waals surface area (Å²) in [5.74, 6) is -0.887. The first-order chi connectivity index (χ1) is 10.2. The Kier molecular flexibility index (Phi) is 7.90. The van der Waals surface area contributed by atoms with E-state index in [0.717, 1.165) is 31.1 Å². The van der Waals surface area contributed by atoms with Gasteiger partial charge in [-0.2, -0.15) is 0 Å². The van der Waals surface area contributed by atoms with Crippen LogP contribution in [0.15, 0.2) is 29.6 Å². The largest absolute Gasteiger partial charge is 0.314 e. The van der Waals surface area contributed by atoms with Crippen LogP contribution in [0.25, 0.3) is 0 Å². The topological polar surface area (TPSA) is 15.3 Å². The molecule has 0 bridgehead atoms. The first-order valence-electron chi connectivity index (χ1n) is 7.11. The Morgan fingerprint density at radius 1 is 1.13 bits per heavy atom. The summed E-state index contributed by atoms with van der Waals surface area (Å²) in [4.78, 5) is 3.14. The van der Waals surface area contributed by atoms with E-state index in [1.807, 2.05) is 17.5 Å². The van der Waals surface area contributed by atoms with Crippen LogP contribution in [0.1, 0.15) is 22.0 Å². The molecule has 1 aliphatic heterocycles. The molecule has 1 N–H and O–H groups in total. The van der Waals surface area contributed by atoms with Gasteiger partial charge in [0.15, 0.2) is 0 Å². The van der Waals surface area contributed by atoms with Gasteiger partial charge in [0.05, 0.1) is 6.04 Å². The molecule has 0 aliphatic carbocycles. The maximum atomic E-state index is 14.6. The summed E-state index contributed by atoms with van der Waals surface area (Å²) in [6, 6.07) is 6.42. The Labute approximate surface area is 151 Å². The van der Waals surface area contributed by atoms with Crippen molar-refractivity contribution in [2.75, 3.05) is 26.2 Å². The van der Waals surface area contributed by atoms with Crippen molar-refractivity contribution < 1.29 is 8.78 Å². The van der Waals surface area contributed by atoms with E-state index in [1.54, 1.807) is 18.3 Å². The molecule has 2 heterocycles. The van der Waals surface area contributed by atoms with Gasteiger partial charge >= 0.3 is 0 Å². The Morgan fingerprint density at radius 3 is 2.43 bits per heavy atom. The van der Waals surface area contributed by atoms with Gasteiger partial charge in [0.1, 0.15) is 11.6 Å². The number of aryl methyl sites for hydroxylation is 1. The van der Waals surface area contributed by atoms with Crippen LogP contribution in [-0.2, 0) is 0 Å². The molecule has 0 radical (unpaired) electrons. The summed E-state index contributed by atoms with van der Waals surface area (Å²) in [5, 5.41) is 5.24. The van der Waals surface area contributed by atoms with Gasteiger partial charge in [0, 0.05) is 36.6 Å². The zero-order chi connectivity index (χ0) is 14.8. The van der Waals surface area contributed by atoms with Gasteiger partial charge in [0.2, 0.25) is 0 Å². The van der Waals surface area contributed by atoms with Crippen LogP contribution in [0, 0.1) is 18.6 Å². The van der Waals surface area contributed by atoms with E-state index < -0.39 is 11.6 Å². The zero-order valence-corrected chi connectivity index (χ0v) is 15.2. The van der Waals surface area contributed by atoms with Crippen LogP contribution >= 0.6 is 36.2 Å². The minimum Gasteiger partial charge on any atom is -0.314 e. The fourth-order valence-electron chi connectivity index (χ4n) is 2.82. The summed E-state index contributed by atoms with van der Waals surface area (Å²) >= 11 is 1.55. The number of piperazine rings is 1. The quantitative estimate of drug-likeness (QED) is 0.859. The second-order valence-corrected chi connectivity index (χ2v) is 6.28. The lowest BCUT2D eigenvalue weighted by Crippen LogP contribution is -2.45. The lowest BCUT2D eigenvalue weighted by Gasteiger charge is -2.35. The maximum absolute atomic E-state index is 14.6. The SMILES string of the molecule is Cc1ccc(F)c([C@H](c2cccs2)N2CCNCC2)c1F.Cl.Cl. The number of benzene rings is 1. The highest BCUT2D eigenvalue weighted by molar-refractivity contribution is 7.10. The molecule has 1 aromatic carbocycles. The number of hydrogen-bond donors (Lipinski definition) is 1. The molecule has 1 fully saturated rings. The average Bonchev–Trinajstić information content (AvgIpc) is 3.02. The van der Waals surface area contributed by atoms with Crippen molar-refractivity contribution in [3.05, 3.63) is 57.3 Å². The third-order valence-electron chi connectivity index (χ3n) is 3.92. The van der Waals surface area contributed by atoms with Crippen LogP contribution < -0.4 is 5.32 Å². The summed E-state index contributed by atoms with van der Waals surface area (Å²) in [7, 11) is 0. The predicted molar refractivity (Wildman–Crippen MR) is 96.2 cm³/mol. The van der Waals surface area contributed by atoms with Crippen molar-refractivity contribution in [2.45, 2.75) is 13.0 Å². The highest BCUT2D eigenvalue weighted by atomic mass is 35.5. The molecule has 2 aromatic rings. The fraction of sp³-hybridized carbons (Fsp3) is 0.375. The van der Waals surface area contributed by atoms with Gasteiger partial charge < -0.3 is 5.32 Å². The van der Waals surface area contributed by atoms with Gasteiger partial charge in [0.25, 0.3) is 0 Å². The fourth-order valence-corrected chi connectivity index (χ4v) is 3.69. The monoisotopic (exact) mass is 380 g/mol. The average molecular weight is 381 g/mol. The van der Waals surface area contributed by atoms with Crippen molar-refractivity contribution in [1.82, 2.24) is 10.2 Å². The Balaban J connectivity index is 0.00000132. The second kappa shape index (κ2) is 8.94. The third-order valence-corrected chi connectivity index (χ3v) is 4.85. The summed E-state index contributed by atoms with van der Waals surface area (Å²) in [5.41, 5.74) is 0.669. The van der Waals surface area contributed by atoms with Gasteiger partial charge in [-0.3, -0.25) is 4.90 Å². The second-order valence-electron chi connectivity index (χ2n) is 5.30. The Bertz CT molecular complexity index is 617. The number of nitrogens with one attached hydrogen (secondary N) is 1. The molecule has 128 valence electrons. The molecular weight excluding hydrogens is 361 g/mol. The first-order valence-corrected chi connectivity index (χ1v) is 7.99. The van der Waals surface area contributed by atoms with E-state index >= 15 is 0 Å². The lowest BCUT2D eigenvalue weighted by molar-refractivity contribution is 0.194. The molecule has 1 aliphatic rings. The lowest BCUT2D eigenvalue weighted by atomic mass is 9.99. The smallest absolute Gasteiger partial charge is 0.134 e. The molecule has 1 atom stereocenters. The van der Waals surface area contributed by atoms with Crippen molar-refractivity contribution in [1.29, 1.82) is 0 Å². The number of rotatable bonds is 3. The molecule has 1 aromatic heterocycles. The number of halogens is 4. The molecule has 0 saturated carbocycles. The van der Waals surface area contributed by atoms with E-state index in [-0.39, 0.29) is 36.4 Å². The van der Waals surface area contributed by atoms with Crippen molar-refractivity contribution in [3.8, 4) is 0 Å². The molecule has 0 amide bonds. The molecule has 3 rings (SSSR count). The highest BCUT2D eigenvalue weighted by Crippen LogP contribution is 2.35. The molecule has 0 unspecified atom stereocenters. The molecule has 23 heavy (non-hydrogen) atoms. The molecule has 2 nitrogen and oxygen atoms in total. The van der Waals surface area contributed by atoms with E-state index in [4.69, 9.17) is 0 Å². The van der Waals surface area contributed by atoms with E-state index in [9.17, 15) is 8.78 Å². The Morgan fingerprint density at radius 2 is 1.83 bits per heavy atom. The number of nitrogens with zero attached hydrogens (tertiary/aromatic N) is 1. The molecular formula is C16H20Cl2F2N2S. The van der Waals surface area contributed by atoms with Crippen LogP contribution in [0.4, 0.5) is 8.78 Å². The number of hydrogen-bond acceptors (Lipinski definition) is 3. The van der Waals surface area contributed by atoms with Crippen LogP contribution in [0.2, 0.25) is 0 Å².